The van der Waals surface area contributed by atoms with Crippen LogP contribution < -0.4 is 10.1 Å². The molecule has 2 bridgehead atoms. The number of fused-ring (bicyclic) bond motifs is 2. The Hall–Kier alpha value is -2.65. The Bertz CT molecular complexity index is 1840. The summed E-state index contributed by atoms with van der Waals surface area (Å²) in [6.07, 6.45) is 3.08. The van der Waals surface area contributed by atoms with Crippen LogP contribution in [0.1, 0.15) is 66.5 Å². The number of carbonyl (C=O) groups is 2. The van der Waals surface area contributed by atoms with Gasteiger partial charge in [0.1, 0.15) is 5.75 Å². The van der Waals surface area contributed by atoms with Gasteiger partial charge in [0.2, 0.25) is 3.79 Å². The van der Waals surface area contributed by atoms with Gasteiger partial charge in [-0.2, -0.15) is 0 Å². The number of aryl methyl sites for hydroxylation is 2. The fourth-order valence-corrected chi connectivity index (χ4v) is 7.52. The zero-order chi connectivity index (χ0) is 37.4. The molecule has 1 saturated carbocycles. The van der Waals surface area contributed by atoms with E-state index in [-0.39, 0.29) is 30.4 Å². The molecule has 2 atom stereocenters. The number of carbonyl (C=O) groups excluding carboxylic acids is 2. The molecule has 3 aromatic carbocycles. The SMILES string of the molecule is Cc1ccc(C)c(OCCc2ccc(C3=C(C(=O)N(CCc4ccccc4Cl)C4CC4)C4CNCC(C3)N4C(=O)OC(C)(C)C(Cl)(Cl)Cl)cc2)c1C.Cl. The Morgan fingerprint density at radius 2 is 1.60 bits per heavy atom. The highest BCUT2D eigenvalue weighted by Crippen LogP contribution is 2.43. The maximum atomic E-state index is 15.0. The summed E-state index contributed by atoms with van der Waals surface area (Å²) < 4.78 is 10.3. The van der Waals surface area contributed by atoms with Crippen molar-refractivity contribution in [3.8, 4) is 5.75 Å². The lowest BCUT2D eigenvalue weighted by atomic mass is 9.81. The van der Waals surface area contributed by atoms with Crippen molar-refractivity contribution in [2.45, 2.75) is 94.2 Å². The average Bonchev–Trinajstić information content (AvgIpc) is 3.93. The minimum Gasteiger partial charge on any atom is -0.493 e. The highest BCUT2D eigenvalue weighted by atomic mass is 35.6. The van der Waals surface area contributed by atoms with Crippen LogP contribution in [0, 0.1) is 20.8 Å². The van der Waals surface area contributed by atoms with Crippen LogP contribution in [0.25, 0.3) is 5.57 Å². The van der Waals surface area contributed by atoms with E-state index in [4.69, 9.17) is 55.9 Å². The summed E-state index contributed by atoms with van der Waals surface area (Å²) in [5, 5.41) is 4.15. The first-order valence-corrected chi connectivity index (χ1v) is 19.5. The predicted octanol–water partition coefficient (Wildman–Crippen LogP) is 9.63. The lowest BCUT2D eigenvalue weighted by molar-refractivity contribution is -0.128. The van der Waals surface area contributed by atoms with Crippen LogP contribution in [-0.4, -0.2) is 75.6 Å². The summed E-state index contributed by atoms with van der Waals surface area (Å²) in [5.41, 5.74) is 6.73. The van der Waals surface area contributed by atoms with Crippen molar-refractivity contribution in [3.05, 3.63) is 105 Å². The minimum absolute atomic E-state index is 0. The van der Waals surface area contributed by atoms with Crippen molar-refractivity contribution in [2.24, 2.45) is 0 Å². The van der Waals surface area contributed by atoms with Crippen LogP contribution in [0.2, 0.25) is 5.02 Å². The fraction of sp³-hybridized carbons (Fsp3) is 0.463. The summed E-state index contributed by atoms with van der Waals surface area (Å²) in [4.78, 5) is 32.6. The fourth-order valence-electron chi connectivity index (χ4n) is 7.17. The maximum absolute atomic E-state index is 15.0. The molecular weight excluding hydrogens is 776 g/mol. The van der Waals surface area contributed by atoms with Gasteiger partial charge >= 0.3 is 6.09 Å². The van der Waals surface area contributed by atoms with Gasteiger partial charge in [0.05, 0.1) is 18.7 Å². The number of amides is 2. The second-order valence-corrected chi connectivity index (χ2v) is 17.4. The van der Waals surface area contributed by atoms with Crippen molar-refractivity contribution < 1.29 is 19.1 Å². The molecule has 0 radical (unpaired) electrons. The van der Waals surface area contributed by atoms with E-state index in [1.807, 2.05) is 29.2 Å². The summed E-state index contributed by atoms with van der Waals surface area (Å²) in [7, 11) is 0. The van der Waals surface area contributed by atoms with Crippen LogP contribution in [0.5, 0.6) is 5.75 Å². The Labute approximate surface area is 339 Å². The lowest BCUT2D eigenvalue weighted by Crippen LogP contribution is -2.64. The Balaban J connectivity index is 0.00000541. The molecule has 286 valence electrons. The molecule has 1 aliphatic carbocycles. The van der Waals surface area contributed by atoms with E-state index in [2.05, 4.69) is 62.5 Å². The van der Waals surface area contributed by atoms with E-state index < -0.39 is 21.5 Å². The number of nitrogens with zero attached hydrogens (tertiary/aromatic N) is 2. The molecule has 12 heteroatoms. The Kier molecular flexibility index (Phi) is 13.3. The number of piperazine rings is 1. The molecule has 6 rings (SSSR count). The first-order chi connectivity index (χ1) is 24.7. The molecule has 7 nitrogen and oxygen atoms in total. The summed E-state index contributed by atoms with van der Waals surface area (Å²) in [5.74, 6) is 0.874. The Morgan fingerprint density at radius 1 is 0.925 bits per heavy atom. The average molecular weight is 824 g/mol. The standard InChI is InChI=1S/C41H47Cl4N3O4.ClH/c1-25-10-11-26(2)37(27(25)3)51-21-19-28-12-14-29(15-13-28)33-22-32-23-46-24-35(48(32)39(50)52-40(4,5)41(43,44)45)36(33)38(49)47(31-16-17-31)20-18-30-8-6-7-9-34(30)42;/h6-15,31-32,35,46H,16-24H2,1-5H3;1H. The van der Waals surface area contributed by atoms with Crippen LogP contribution in [-0.2, 0) is 22.4 Å². The zero-order valence-electron chi connectivity index (χ0n) is 30.8. The van der Waals surface area contributed by atoms with Crippen molar-refractivity contribution >= 4 is 76.4 Å². The first kappa shape index (κ1) is 41.5. The zero-order valence-corrected chi connectivity index (χ0v) is 34.7. The lowest BCUT2D eigenvalue weighted by Gasteiger charge is -2.48. The first-order valence-electron chi connectivity index (χ1n) is 18.0. The molecule has 1 saturated heterocycles. The van der Waals surface area contributed by atoms with E-state index in [1.165, 1.54) is 5.56 Å². The second-order valence-electron chi connectivity index (χ2n) is 14.7. The number of halogens is 5. The third kappa shape index (κ3) is 9.25. The van der Waals surface area contributed by atoms with E-state index in [0.717, 1.165) is 58.4 Å². The number of hydrogen-bond donors (Lipinski definition) is 1. The molecule has 0 spiro atoms. The molecule has 2 fully saturated rings. The molecule has 3 aliphatic rings. The number of benzene rings is 3. The van der Waals surface area contributed by atoms with Crippen LogP contribution >= 0.6 is 58.8 Å². The molecular formula is C41H48Cl5N3O4. The molecule has 53 heavy (non-hydrogen) atoms. The topological polar surface area (TPSA) is 71.1 Å². The van der Waals surface area contributed by atoms with E-state index in [1.54, 1.807) is 18.7 Å². The minimum atomic E-state index is -1.85. The third-order valence-electron chi connectivity index (χ3n) is 10.7. The third-order valence-corrected chi connectivity index (χ3v) is 12.4. The van der Waals surface area contributed by atoms with Crippen molar-refractivity contribution in [2.75, 3.05) is 26.2 Å². The Morgan fingerprint density at radius 3 is 2.26 bits per heavy atom. The summed E-state index contributed by atoms with van der Waals surface area (Å²) in [6, 6.07) is 19.6. The number of hydrogen-bond acceptors (Lipinski definition) is 5. The van der Waals surface area contributed by atoms with Crippen LogP contribution in [0.3, 0.4) is 0 Å². The largest absolute Gasteiger partial charge is 0.493 e. The monoisotopic (exact) mass is 821 g/mol. The van der Waals surface area contributed by atoms with Crippen LogP contribution in [0.15, 0.2) is 66.2 Å². The van der Waals surface area contributed by atoms with Crippen molar-refractivity contribution in [1.82, 2.24) is 15.1 Å². The van der Waals surface area contributed by atoms with Gasteiger partial charge in [-0.1, -0.05) is 101 Å². The van der Waals surface area contributed by atoms with Crippen molar-refractivity contribution in [1.29, 1.82) is 0 Å². The molecule has 2 heterocycles. The highest BCUT2D eigenvalue weighted by Gasteiger charge is 2.50. The van der Waals surface area contributed by atoms with Gasteiger partial charge in [0.25, 0.3) is 5.91 Å². The molecule has 2 amide bonds. The smallest absolute Gasteiger partial charge is 0.411 e. The number of alkyl halides is 3. The highest BCUT2D eigenvalue weighted by molar-refractivity contribution is 6.68. The molecule has 2 aliphatic heterocycles. The predicted molar refractivity (Wildman–Crippen MR) is 218 cm³/mol. The molecule has 0 aromatic heterocycles. The normalized spacial score (nSPS) is 18.7. The summed E-state index contributed by atoms with van der Waals surface area (Å²) in [6.45, 7) is 11.4. The summed E-state index contributed by atoms with van der Waals surface area (Å²) >= 11 is 25.2. The van der Waals surface area contributed by atoms with Gasteiger partial charge in [-0.3, -0.25) is 9.69 Å². The van der Waals surface area contributed by atoms with Gasteiger partial charge < -0.3 is 19.7 Å². The maximum Gasteiger partial charge on any atom is 0.411 e. The number of nitrogens with one attached hydrogen (secondary N) is 1. The van der Waals surface area contributed by atoms with Gasteiger partial charge in [-0.05, 0) is 105 Å². The van der Waals surface area contributed by atoms with Crippen LogP contribution in [0.4, 0.5) is 4.79 Å². The molecule has 3 aromatic rings. The van der Waals surface area contributed by atoms with Gasteiger partial charge in [-0.15, -0.1) is 12.4 Å². The van der Waals surface area contributed by atoms with E-state index in [0.29, 0.717) is 49.7 Å². The van der Waals surface area contributed by atoms with Gasteiger partial charge in [-0.25, -0.2) is 4.79 Å². The number of rotatable bonds is 11. The molecule has 1 N–H and O–H groups in total. The van der Waals surface area contributed by atoms with Gasteiger partial charge in [0, 0.05) is 42.7 Å². The number of ether oxygens (including phenoxy) is 2. The molecule has 2 unspecified atom stereocenters. The second kappa shape index (κ2) is 17.0. The van der Waals surface area contributed by atoms with E-state index in [9.17, 15) is 9.59 Å². The van der Waals surface area contributed by atoms with E-state index >= 15 is 0 Å². The van der Waals surface area contributed by atoms with Gasteiger partial charge in [0.15, 0.2) is 5.60 Å². The quantitative estimate of drug-likeness (QED) is 0.195. The van der Waals surface area contributed by atoms with Crippen molar-refractivity contribution in [3.63, 3.8) is 0 Å².